The molecule has 2 aromatic rings. The van der Waals surface area contributed by atoms with E-state index in [2.05, 4.69) is 5.32 Å². The van der Waals surface area contributed by atoms with Crippen molar-refractivity contribution in [1.29, 1.82) is 0 Å². The monoisotopic (exact) mass is 344 g/mol. The molecule has 1 aliphatic heterocycles. The third kappa shape index (κ3) is 3.95. The highest BCUT2D eigenvalue weighted by Gasteiger charge is 2.32. The van der Waals surface area contributed by atoms with E-state index in [9.17, 15) is 9.59 Å². The van der Waals surface area contributed by atoms with Crippen molar-refractivity contribution in [3.05, 3.63) is 47.8 Å². The molecule has 1 aliphatic rings. The molecule has 1 fully saturated rings. The summed E-state index contributed by atoms with van der Waals surface area (Å²) in [4.78, 5) is 27.0. The normalized spacial score (nSPS) is 19.3. The van der Waals surface area contributed by atoms with E-state index in [1.807, 2.05) is 24.0 Å². The van der Waals surface area contributed by atoms with Gasteiger partial charge in [-0.15, -0.1) is 0 Å². The van der Waals surface area contributed by atoms with Crippen molar-refractivity contribution in [2.24, 2.45) is 0 Å². The Morgan fingerprint density at radius 1 is 1.24 bits per heavy atom. The summed E-state index contributed by atoms with van der Waals surface area (Å²) in [5, 5.41) is 2.76. The maximum absolute atomic E-state index is 13.0. The average Bonchev–Trinajstić information content (AvgIpc) is 3.21. The van der Waals surface area contributed by atoms with Gasteiger partial charge in [-0.25, -0.2) is 0 Å². The van der Waals surface area contributed by atoms with Gasteiger partial charge >= 0.3 is 0 Å². The summed E-state index contributed by atoms with van der Waals surface area (Å²) >= 11 is 0. The minimum atomic E-state index is -0.612. The van der Waals surface area contributed by atoms with Crippen LogP contribution in [0.2, 0.25) is 0 Å². The highest BCUT2D eigenvalue weighted by atomic mass is 16.3. The minimum absolute atomic E-state index is 0.0722. The summed E-state index contributed by atoms with van der Waals surface area (Å²) in [6.45, 7) is 4.30. The van der Waals surface area contributed by atoms with E-state index in [1.165, 1.54) is 12.5 Å². The summed E-state index contributed by atoms with van der Waals surface area (Å²) in [6.07, 6.45) is 6.80. The third-order valence-electron chi connectivity index (χ3n) is 4.63. The minimum Gasteiger partial charge on any atom is -0.472 e. The highest BCUT2D eigenvalue weighted by Crippen LogP contribution is 2.31. The largest absolute Gasteiger partial charge is 0.472 e. The van der Waals surface area contributed by atoms with E-state index in [-0.39, 0.29) is 17.9 Å². The van der Waals surface area contributed by atoms with Crippen LogP contribution < -0.4 is 5.32 Å². The molecule has 2 atom stereocenters. The topological polar surface area (TPSA) is 75.7 Å². The Labute approximate surface area is 147 Å². The number of nitrogens with one attached hydrogen (secondary N) is 1. The van der Waals surface area contributed by atoms with E-state index in [1.54, 1.807) is 13.0 Å². The number of nitrogens with zero attached hydrogens (tertiary/aromatic N) is 1. The number of hydrogen-bond acceptors (Lipinski definition) is 4. The molecule has 6 nitrogen and oxygen atoms in total. The molecule has 3 heterocycles. The van der Waals surface area contributed by atoms with Crippen LogP contribution in [0.5, 0.6) is 0 Å². The van der Waals surface area contributed by atoms with Crippen LogP contribution in [-0.4, -0.2) is 29.3 Å². The lowest BCUT2D eigenvalue weighted by molar-refractivity contribution is -0.135. The molecule has 1 N–H and O–H groups in total. The van der Waals surface area contributed by atoms with Crippen molar-refractivity contribution in [3.8, 4) is 0 Å². The van der Waals surface area contributed by atoms with Gasteiger partial charge in [0.15, 0.2) is 0 Å². The van der Waals surface area contributed by atoms with Crippen molar-refractivity contribution in [2.45, 2.75) is 51.6 Å². The Balaban J connectivity index is 1.73. The fourth-order valence-electron chi connectivity index (χ4n) is 3.28. The van der Waals surface area contributed by atoms with Gasteiger partial charge < -0.3 is 19.1 Å². The van der Waals surface area contributed by atoms with E-state index >= 15 is 0 Å². The van der Waals surface area contributed by atoms with Crippen LogP contribution in [0.15, 0.2) is 39.6 Å². The number of aryl methyl sites for hydroxylation is 1. The number of furan rings is 2. The van der Waals surface area contributed by atoms with Crippen LogP contribution in [0.1, 0.15) is 60.5 Å². The van der Waals surface area contributed by atoms with Gasteiger partial charge in [0.25, 0.3) is 5.91 Å². The maximum Gasteiger partial charge on any atom is 0.255 e. The second-order valence-corrected chi connectivity index (χ2v) is 6.55. The second kappa shape index (κ2) is 7.59. The average molecular weight is 344 g/mol. The van der Waals surface area contributed by atoms with Gasteiger partial charge in [-0.05, 0) is 44.9 Å². The molecule has 0 aliphatic carbocycles. The Bertz CT molecular complexity index is 720. The molecule has 1 saturated heterocycles. The zero-order valence-corrected chi connectivity index (χ0v) is 14.7. The Kier molecular flexibility index (Phi) is 5.26. The van der Waals surface area contributed by atoms with E-state index in [4.69, 9.17) is 8.83 Å². The van der Waals surface area contributed by atoms with Gasteiger partial charge in [-0.1, -0.05) is 12.8 Å². The first-order valence-electron chi connectivity index (χ1n) is 8.76. The lowest BCUT2D eigenvalue weighted by Gasteiger charge is -2.31. The molecule has 25 heavy (non-hydrogen) atoms. The number of hydrogen-bond donors (Lipinski definition) is 1. The van der Waals surface area contributed by atoms with Crippen molar-refractivity contribution in [3.63, 3.8) is 0 Å². The molecule has 2 aromatic heterocycles. The molecule has 0 bridgehead atoms. The van der Waals surface area contributed by atoms with Crippen LogP contribution in [0.25, 0.3) is 0 Å². The third-order valence-corrected chi connectivity index (χ3v) is 4.63. The fraction of sp³-hybridized carbons (Fsp3) is 0.474. The van der Waals surface area contributed by atoms with Gasteiger partial charge in [-0.3, -0.25) is 9.59 Å². The maximum atomic E-state index is 13.0. The molecule has 3 rings (SSSR count). The molecule has 0 saturated carbocycles. The predicted octanol–water partition coefficient (Wildman–Crippen LogP) is 3.44. The van der Waals surface area contributed by atoms with Crippen molar-refractivity contribution in [2.75, 3.05) is 6.54 Å². The van der Waals surface area contributed by atoms with E-state index < -0.39 is 6.04 Å². The van der Waals surface area contributed by atoms with Gasteiger partial charge in [-0.2, -0.15) is 0 Å². The molecular formula is C19H24N2O4. The second-order valence-electron chi connectivity index (χ2n) is 6.55. The SMILES string of the molecule is Cc1ccc(C2CCCCCN2C(=O)C(C)NC(=O)c2ccoc2)o1. The van der Waals surface area contributed by atoms with E-state index in [0.717, 1.165) is 37.2 Å². The summed E-state index contributed by atoms with van der Waals surface area (Å²) in [5.74, 6) is 1.27. The zero-order chi connectivity index (χ0) is 17.8. The molecule has 134 valence electrons. The number of carbonyl (C=O) groups is 2. The standard InChI is InChI=1S/C19H24N2O4/c1-13-7-8-17(25-13)16-6-4-3-5-10-21(16)19(23)14(2)20-18(22)15-9-11-24-12-15/h7-9,11-12,14,16H,3-6,10H2,1-2H3,(H,20,22). The Morgan fingerprint density at radius 2 is 2.08 bits per heavy atom. The fourth-order valence-corrected chi connectivity index (χ4v) is 3.28. The molecule has 0 aromatic carbocycles. The Morgan fingerprint density at radius 3 is 2.76 bits per heavy atom. The van der Waals surface area contributed by atoms with Crippen molar-refractivity contribution in [1.82, 2.24) is 10.2 Å². The summed E-state index contributed by atoms with van der Waals surface area (Å²) in [5.41, 5.74) is 0.411. The van der Waals surface area contributed by atoms with Gasteiger partial charge in [0.1, 0.15) is 23.8 Å². The van der Waals surface area contributed by atoms with E-state index in [0.29, 0.717) is 12.1 Å². The number of likely N-dealkylation sites (tertiary alicyclic amines) is 1. The van der Waals surface area contributed by atoms with Crippen molar-refractivity contribution >= 4 is 11.8 Å². The predicted molar refractivity (Wildman–Crippen MR) is 92.0 cm³/mol. The highest BCUT2D eigenvalue weighted by molar-refractivity contribution is 5.97. The first-order valence-corrected chi connectivity index (χ1v) is 8.76. The summed E-state index contributed by atoms with van der Waals surface area (Å²) in [7, 11) is 0. The van der Waals surface area contributed by atoms with Crippen LogP contribution >= 0.6 is 0 Å². The lowest BCUT2D eigenvalue weighted by atomic mass is 10.1. The first kappa shape index (κ1) is 17.3. The first-order chi connectivity index (χ1) is 12.1. The number of rotatable bonds is 4. The summed E-state index contributed by atoms with van der Waals surface area (Å²) < 4.78 is 10.7. The van der Waals surface area contributed by atoms with Crippen molar-refractivity contribution < 1.29 is 18.4 Å². The van der Waals surface area contributed by atoms with Crippen LogP contribution in [0, 0.1) is 6.92 Å². The molecular weight excluding hydrogens is 320 g/mol. The van der Waals surface area contributed by atoms with Gasteiger partial charge in [0.05, 0.1) is 17.9 Å². The molecule has 6 heteroatoms. The molecule has 2 unspecified atom stereocenters. The molecule has 2 amide bonds. The number of carbonyl (C=O) groups excluding carboxylic acids is 2. The zero-order valence-electron chi connectivity index (χ0n) is 14.7. The van der Waals surface area contributed by atoms with Gasteiger partial charge in [0, 0.05) is 6.54 Å². The Hall–Kier alpha value is -2.50. The van der Waals surface area contributed by atoms with Crippen LogP contribution in [0.4, 0.5) is 0 Å². The molecule has 0 spiro atoms. The quantitative estimate of drug-likeness (QED) is 0.922. The smallest absolute Gasteiger partial charge is 0.255 e. The number of amides is 2. The van der Waals surface area contributed by atoms with Crippen LogP contribution in [0.3, 0.4) is 0 Å². The van der Waals surface area contributed by atoms with Crippen LogP contribution in [-0.2, 0) is 4.79 Å². The lowest BCUT2D eigenvalue weighted by Crippen LogP contribution is -2.48. The summed E-state index contributed by atoms with van der Waals surface area (Å²) in [6, 6.07) is 4.76. The molecule has 0 radical (unpaired) electrons. The van der Waals surface area contributed by atoms with Gasteiger partial charge in [0.2, 0.25) is 5.91 Å².